The molecule has 0 amide bonds. The van der Waals surface area contributed by atoms with Crippen LogP contribution in [0.1, 0.15) is 21.6 Å². The molecule has 0 aliphatic heterocycles. The van der Waals surface area contributed by atoms with Crippen LogP contribution in [-0.4, -0.2) is 15.9 Å². The van der Waals surface area contributed by atoms with Crippen molar-refractivity contribution < 1.29 is 9.90 Å². The summed E-state index contributed by atoms with van der Waals surface area (Å²) in [5.74, 6) is 0.108. The number of hydrogen-bond acceptors (Lipinski definition) is 3. The molecule has 3 heteroatoms. The van der Waals surface area contributed by atoms with Gasteiger partial charge < -0.3 is 5.11 Å². The largest absolute Gasteiger partial charge is 0.508 e. The van der Waals surface area contributed by atoms with E-state index in [0.29, 0.717) is 11.3 Å². The lowest BCUT2D eigenvalue weighted by molar-refractivity contribution is 0.103. The molecule has 0 saturated carbocycles. The fraction of sp³-hybridized carbons (Fsp3) is 0.0769. The predicted octanol–water partition coefficient (Wildman–Crippen LogP) is 2.31. The van der Waals surface area contributed by atoms with Crippen LogP contribution in [0.25, 0.3) is 11.1 Å². The number of aromatic nitrogens is 1. The van der Waals surface area contributed by atoms with E-state index in [-0.39, 0.29) is 11.5 Å². The molecule has 3 nitrogen and oxygen atoms in total. The second-order valence-corrected chi connectivity index (χ2v) is 3.91. The molecule has 0 saturated heterocycles. The average molecular weight is 211 g/mol. The van der Waals surface area contributed by atoms with Crippen LogP contribution in [0, 0.1) is 6.92 Å². The van der Waals surface area contributed by atoms with Gasteiger partial charge >= 0.3 is 0 Å². The lowest BCUT2D eigenvalue weighted by Crippen LogP contribution is -1.97. The van der Waals surface area contributed by atoms with E-state index in [2.05, 4.69) is 4.98 Å². The molecule has 0 fully saturated rings. The number of rotatable bonds is 0. The van der Waals surface area contributed by atoms with Crippen molar-refractivity contribution in [2.24, 2.45) is 0 Å². The van der Waals surface area contributed by atoms with E-state index < -0.39 is 0 Å². The third kappa shape index (κ3) is 1.03. The molecule has 0 unspecified atom stereocenters. The number of phenolic OH excluding ortho intramolecular Hbond substituents is 1. The van der Waals surface area contributed by atoms with Gasteiger partial charge in [0, 0.05) is 17.3 Å². The average Bonchev–Trinajstić information content (AvgIpc) is 2.54. The number of aryl methyl sites for hydroxylation is 1. The summed E-state index contributed by atoms with van der Waals surface area (Å²) >= 11 is 0. The first-order valence-corrected chi connectivity index (χ1v) is 5.02. The molecule has 0 atom stereocenters. The van der Waals surface area contributed by atoms with Crippen molar-refractivity contribution >= 4 is 5.78 Å². The second-order valence-electron chi connectivity index (χ2n) is 3.91. The number of carbonyl (C=O) groups is 1. The number of fused-ring (bicyclic) bond motifs is 3. The monoisotopic (exact) mass is 211 g/mol. The maximum absolute atomic E-state index is 12.0. The lowest BCUT2D eigenvalue weighted by Gasteiger charge is -2.03. The van der Waals surface area contributed by atoms with Crippen LogP contribution in [0.2, 0.25) is 0 Å². The molecule has 2 aromatic rings. The Bertz CT molecular complexity index is 617. The Morgan fingerprint density at radius 2 is 2.00 bits per heavy atom. The number of benzene rings is 1. The first-order valence-electron chi connectivity index (χ1n) is 5.02. The molecule has 78 valence electrons. The highest BCUT2D eigenvalue weighted by Gasteiger charge is 2.29. The van der Waals surface area contributed by atoms with Gasteiger partial charge in [-0.1, -0.05) is 0 Å². The molecule has 1 aromatic carbocycles. The molecule has 0 spiro atoms. The molecule has 1 heterocycles. The van der Waals surface area contributed by atoms with Crippen molar-refractivity contribution in [2.45, 2.75) is 6.92 Å². The van der Waals surface area contributed by atoms with Crippen LogP contribution < -0.4 is 0 Å². The van der Waals surface area contributed by atoms with Gasteiger partial charge in [-0.05, 0) is 42.3 Å². The van der Waals surface area contributed by atoms with Gasteiger partial charge in [-0.25, -0.2) is 0 Å². The summed E-state index contributed by atoms with van der Waals surface area (Å²) in [7, 11) is 0. The zero-order chi connectivity index (χ0) is 11.3. The molecular weight excluding hydrogens is 202 g/mol. The second kappa shape index (κ2) is 2.92. The van der Waals surface area contributed by atoms with Gasteiger partial charge in [-0.3, -0.25) is 9.78 Å². The van der Waals surface area contributed by atoms with E-state index in [1.54, 1.807) is 18.3 Å². The standard InChI is InChI=1S/C13H9NO2/c1-7-4-5-14-12-11(7)10-6-8(15)2-3-9(10)13(12)16/h2-6,15H,1H3. The Hall–Kier alpha value is -2.16. The van der Waals surface area contributed by atoms with Gasteiger partial charge in [0.1, 0.15) is 11.4 Å². The van der Waals surface area contributed by atoms with Crippen molar-refractivity contribution in [3.8, 4) is 16.9 Å². The summed E-state index contributed by atoms with van der Waals surface area (Å²) in [6, 6.07) is 6.66. The minimum Gasteiger partial charge on any atom is -0.508 e. The van der Waals surface area contributed by atoms with Crippen LogP contribution in [0.4, 0.5) is 0 Å². The van der Waals surface area contributed by atoms with Crippen molar-refractivity contribution in [3.05, 3.63) is 47.3 Å². The highest BCUT2D eigenvalue weighted by Crippen LogP contribution is 2.38. The number of carbonyl (C=O) groups excluding carboxylic acids is 1. The third-order valence-electron chi connectivity index (χ3n) is 2.89. The van der Waals surface area contributed by atoms with Gasteiger partial charge in [-0.2, -0.15) is 0 Å². The molecule has 3 rings (SSSR count). The van der Waals surface area contributed by atoms with Gasteiger partial charge in [0.05, 0.1) is 0 Å². The number of phenols is 1. The SMILES string of the molecule is Cc1ccnc2c1-c1cc(O)ccc1C2=O. The van der Waals surface area contributed by atoms with E-state index in [9.17, 15) is 9.90 Å². The van der Waals surface area contributed by atoms with Crippen molar-refractivity contribution in [1.29, 1.82) is 0 Å². The number of ketones is 1. The predicted molar refractivity (Wildman–Crippen MR) is 59.5 cm³/mol. The number of pyridine rings is 1. The zero-order valence-corrected chi connectivity index (χ0v) is 8.69. The minimum atomic E-state index is -0.0614. The Morgan fingerprint density at radius 1 is 1.19 bits per heavy atom. The van der Waals surface area contributed by atoms with Crippen LogP contribution in [0.3, 0.4) is 0 Å². The molecule has 0 bridgehead atoms. The highest BCUT2D eigenvalue weighted by atomic mass is 16.3. The summed E-state index contributed by atoms with van der Waals surface area (Å²) in [4.78, 5) is 16.1. The van der Waals surface area contributed by atoms with E-state index in [4.69, 9.17) is 0 Å². The molecule has 16 heavy (non-hydrogen) atoms. The number of nitrogens with zero attached hydrogens (tertiary/aromatic N) is 1. The summed E-state index contributed by atoms with van der Waals surface area (Å²) in [5, 5.41) is 9.47. The van der Waals surface area contributed by atoms with E-state index in [1.807, 2.05) is 13.0 Å². The van der Waals surface area contributed by atoms with Crippen LogP contribution in [0.5, 0.6) is 5.75 Å². The quantitative estimate of drug-likeness (QED) is 0.620. The van der Waals surface area contributed by atoms with E-state index >= 15 is 0 Å². The summed E-state index contributed by atoms with van der Waals surface area (Å²) in [6.45, 7) is 1.94. The first kappa shape index (κ1) is 9.09. The maximum atomic E-state index is 12.0. The Labute approximate surface area is 92.4 Å². The fourth-order valence-corrected chi connectivity index (χ4v) is 2.14. The van der Waals surface area contributed by atoms with E-state index in [1.165, 1.54) is 6.07 Å². The van der Waals surface area contributed by atoms with Crippen molar-refractivity contribution in [2.75, 3.05) is 0 Å². The first-order chi connectivity index (χ1) is 7.68. The Kier molecular flexibility index (Phi) is 1.66. The maximum Gasteiger partial charge on any atom is 0.212 e. The van der Waals surface area contributed by atoms with Gasteiger partial charge in [0.25, 0.3) is 0 Å². The van der Waals surface area contributed by atoms with Crippen molar-refractivity contribution in [1.82, 2.24) is 4.98 Å². The fourth-order valence-electron chi connectivity index (χ4n) is 2.14. The van der Waals surface area contributed by atoms with Gasteiger partial charge in [-0.15, -0.1) is 0 Å². The topological polar surface area (TPSA) is 50.2 Å². The van der Waals surface area contributed by atoms with Gasteiger partial charge in [0.2, 0.25) is 5.78 Å². The van der Waals surface area contributed by atoms with Crippen LogP contribution in [-0.2, 0) is 0 Å². The third-order valence-corrected chi connectivity index (χ3v) is 2.89. The smallest absolute Gasteiger partial charge is 0.212 e. The molecule has 1 aliphatic carbocycles. The normalized spacial score (nSPS) is 12.4. The molecule has 0 radical (unpaired) electrons. The van der Waals surface area contributed by atoms with Crippen LogP contribution >= 0.6 is 0 Å². The Balaban J connectivity index is 2.43. The summed E-state index contributed by atoms with van der Waals surface area (Å²) in [5.41, 5.74) is 3.74. The molecule has 1 N–H and O–H groups in total. The summed E-state index contributed by atoms with van der Waals surface area (Å²) < 4.78 is 0. The van der Waals surface area contributed by atoms with Crippen LogP contribution in [0.15, 0.2) is 30.5 Å². The molecular formula is C13H9NO2. The molecule has 1 aliphatic rings. The van der Waals surface area contributed by atoms with Gasteiger partial charge in [0.15, 0.2) is 0 Å². The summed E-state index contributed by atoms with van der Waals surface area (Å²) in [6.07, 6.45) is 1.64. The van der Waals surface area contributed by atoms with Crippen molar-refractivity contribution in [3.63, 3.8) is 0 Å². The van der Waals surface area contributed by atoms with E-state index in [0.717, 1.165) is 16.7 Å². The minimum absolute atomic E-state index is 0.0614. The zero-order valence-electron chi connectivity index (χ0n) is 8.69. The molecule has 1 aromatic heterocycles. The Morgan fingerprint density at radius 3 is 2.81 bits per heavy atom. The number of aromatic hydroxyl groups is 1. The lowest BCUT2D eigenvalue weighted by atomic mass is 10.0. The highest BCUT2D eigenvalue weighted by molar-refractivity contribution is 6.21. The number of hydrogen-bond donors (Lipinski definition) is 1.